The topological polar surface area (TPSA) is 75.4 Å². The SMILES string of the molecule is CC(CN1CCCC1)NS(=O)(=O)Cc1ccc(N)cc1. The van der Waals surface area contributed by atoms with E-state index in [-0.39, 0.29) is 11.8 Å². The molecule has 1 aliphatic heterocycles. The highest BCUT2D eigenvalue weighted by molar-refractivity contribution is 7.88. The second-order valence-electron chi connectivity index (χ2n) is 5.53. The molecule has 5 nitrogen and oxygen atoms in total. The number of benzene rings is 1. The highest BCUT2D eigenvalue weighted by Crippen LogP contribution is 2.11. The van der Waals surface area contributed by atoms with Gasteiger partial charge in [0.05, 0.1) is 5.75 Å². The number of anilines is 1. The Morgan fingerprint density at radius 3 is 2.45 bits per heavy atom. The standard InChI is InChI=1S/C14H23N3O2S/c1-12(10-17-8-2-3-9-17)16-20(18,19)11-13-4-6-14(15)7-5-13/h4-7,12,16H,2-3,8-11,15H2,1H3. The van der Waals surface area contributed by atoms with Crippen molar-refractivity contribution in [3.63, 3.8) is 0 Å². The molecule has 1 saturated heterocycles. The minimum Gasteiger partial charge on any atom is -0.399 e. The number of hydrogen-bond donors (Lipinski definition) is 2. The molecule has 0 saturated carbocycles. The number of nitrogens with one attached hydrogen (secondary N) is 1. The summed E-state index contributed by atoms with van der Waals surface area (Å²) in [5, 5.41) is 0. The van der Waals surface area contributed by atoms with Crippen LogP contribution in [0.3, 0.4) is 0 Å². The predicted octanol–water partition coefficient (Wildman–Crippen LogP) is 1.17. The van der Waals surface area contributed by atoms with E-state index in [1.807, 2.05) is 6.92 Å². The molecule has 2 rings (SSSR count). The van der Waals surface area contributed by atoms with Crippen molar-refractivity contribution in [2.75, 3.05) is 25.4 Å². The fourth-order valence-electron chi connectivity index (χ4n) is 2.57. The van der Waals surface area contributed by atoms with Crippen molar-refractivity contribution in [3.8, 4) is 0 Å². The third-order valence-electron chi connectivity index (χ3n) is 3.45. The average molecular weight is 297 g/mol. The summed E-state index contributed by atoms with van der Waals surface area (Å²) >= 11 is 0. The van der Waals surface area contributed by atoms with Crippen LogP contribution in [0.2, 0.25) is 0 Å². The Balaban J connectivity index is 1.87. The highest BCUT2D eigenvalue weighted by atomic mass is 32.2. The van der Waals surface area contributed by atoms with E-state index in [4.69, 9.17) is 5.73 Å². The maximum atomic E-state index is 12.1. The van der Waals surface area contributed by atoms with Crippen molar-refractivity contribution in [1.82, 2.24) is 9.62 Å². The summed E-state index contributed by atoms with van der Waals surface area (Å²) in [5.74, 6) is -0.00236. The Morgan fingerprint density at radius 2 is 1.85 bits per heavy atom. The maximum absolute atomic E-state index is 12.1. The summed E-state index contributed by atoms with van der Waals surface area (Å²) in [7, 11) is -3.31. The molecule has 1 fully saturated rings. The van der Waals surface area contributed by atoms with E-state index in [9.17, 15) is 8.42 Å². The molecule has 1 atom stereocenters. The number of rotatable bonds is 6. The average Bonchev–Trinajstić information content (AvgIpc) is 2.83. The molecular formula is C14H23N3O2S. The Bertz CT molecular complexity index is 522. The van der Waals surface area contributed by atoms with E-state index in [1.54, 1.807) is 24.3 Å². The lowest BCUT2D eigenvalue weighted by Gasteiger charge is -2.21. The third-order valence-corrected chi connectivity index (χ3v) is 4.92. The Hall–Kier alpha value is -1.11. The second kappa shape index (κ2) is 6.56. The minimum absolute atomic E-state index is 0.00236. The molecule has 0 amide bonds. The van der Waals surface area contributed by atoms with Crippen molar-refractivity contribution >= 4 is 15.7 Å². The minimum atomic E-state index is -3.31. The van der Waals surface area contributed by atoms with Gasteiger partial charge in [0.25, 0.3) is 0 Å². The first-order chi connectivity index (χ1) is 9.44. The molecule has 1 aliphatic rings. The summed E-state index contributed by atoms with van der Waals surface area (Å²) in [6.45, 7) is 4.84. The Morgan fingerprint density at radius 1 is 1.25 bits per heavy atom. The van der Waals surface area contributed by atoms with Crippen molar-refractivity contribution in [2.24, 2.45) is 0 Å². The molecule has 0 aliphatic carbocycles. The fourth-order valence-corrected chi connectivity index (χ4v) is 3.97. The Kier molecular flexibility index (Phi) is 5.01. The fraction of sp³-hybridized carbons (Fsp3) is 0.571. The molecule has 1 aromatic carbocycles. The van der Waals surface area contributed by atoms with Crippen LogP contribution >= 0.6 is 0 Å². The van der Waals surface area contributed by atoms with Crippen molar-refractivity contribution in [1.29, 1.82) is 0 Å². The van der Waals surface area contributed by atoms with Gasteiger partial charge >= 0.3 is 0 Å². The first-order valence-corrected chi connectivity index (χ1v) is 8.66. The van der Waals surface area contributed by atoms with Gasteiger partial charge in [-0.25, -0.2) is 13.1 Å². The van der Waals surface area contributed by atoms with E-state index >= 15 is 0 Å². The summed E-state index contributed by atoms with van der Waals surface area (Å²) < 4.78 is 27.0. The van der Waals surface area contributed by atoms with Gasteiger partial charge in [-0.15, -0.1) is 0 Å². The van der Waals surface area contributed by atoms with Crippen LogP contribution in [0, 0.1) is 0 Å². The predicted molar refractivity (Wildman–Crippen MR) is 81.7 cm³/mol. The van der Waals surface area contributed by atoms with E-state index in [0.29, 0.717) is 5.69 Å². The van der Waals surface area contributed by atoms with E-state index in [1.165, 1.54) is 12.8 Å². The van der Waals surface area contributed by atoms with Gasteiger partial charge in [-0.1, -0.05) is 12.1 Å². The zero-order valence-corrected chi connectivity index (χ0v) is 12.7. The third kappa shape index (κ3) is 4.77. The molecule has 0 aromatic heterocycles. The van der Waals surface area contributed by atoms with Crippen molar-refractivity contribution < 1.29 is 8.42 Å². The molecule has 0 spiro atoms. The van der Waals surface area contributed by atoms with Crippen LogP contribution in [0.1, 0.15) is 25.3 Å². The maximum Gasteiger partial charge on any atom is 0.216 e. The van der Waals surface area contributed by atoms with Gasteiger partial charge in [-0.05, 0) is 50.6 Å². The van der Waals surface area contributed by atoms with E-state index < -0.39 is 10.0 Å². The van der Waals surface area contributed by atoms with Gasteiger partial charge < -0.3 is 10.6 Å². The van der Waals surface area contributed by atoms with Gasteiger partial charge in [0.1, 0.15) is 0 Å². The molecule has 0 radical (unpaired) electrons. The number of sulfonamides is 1. The number of nitrogens with two attached hydrogens (primary N) is 1. The monoisotopic (exact) mass is 297 g/mol. The second-order valence-corrected chi connectivity index (χ2v) is 7.28. The zero-order chi connectivity index (χ0) is 14.6. The van der Waals surface area contributed by atoms with Gasteiger partial charge in [-0.2, -0.15) is 0 Å². The molecule has 0 bridgehead atoms. The highest BCUT2D eigenvalue weighted by Gasteiger charge is 2.19. The van der Waals surface area contributed by atoms with Crippen LogP contribution < -0.4 is 10.5 Å². The lowest BCUT2D eigenvalue weighted by molar-refractivity contribution is 0.312. The zero-order valence-electron chi connectivity index (χ0n) is 11.9. The summed E-state index contributed by atoms with van der Waals surface area (Å²) in [6.07, 6.45) is 2.43. The molecule has 3 N–H and O–H groups in total. The molecule has 1 aromatic rings. The first kappa shape index (κ1) is 15.3. The molecule has 20 heavy (non-hydrogen) atoms. The quantitative estimate of drug-likeness (QED) is 0.773. The molecule has 1 heterocycles. The normalized spacial score (nSPS) is 18.2. The largest absolute Gasteiger partial charge is 0.399 e. The summed E-state index contributed by atoms with van der Waals surface area (Å²) in [5.41, 5.74) is 6.98. The van der Waals surface area contributed by atoms with Crippen LogP contribution in [0.5, 0.6) is 0 Å². The summed E-state index contributed by atoms with van der Waals surface area (Å²) in [4.78, 5) is 2.30. The van der Waals surface area contributed by atoms with E-state index in [0.717, 1.165) is 25.2 Å². The molecule has 1 unspecified atom stereocenters. The van der Waals surface area contributed by atoms with Gasteiger partial charge in [0.2, 0.25) is 10.0 Å². The lowest BCUT2D eigenvalue weighted by Crippen LogP contribution is -2.41. The van der Waals surface area contributed by atoms with Crippen LogP contribution in [-0.4, -0.2) is 39.0 Å². The smallest absolute Gasteiger partial charge is 0.216 e. The van der Waals surface area contributed by atoms with Crippen molar-refractivity contribution in [2.45, 2.75) is 31.6 Å². The molecule has 112 valence electrons. The number of nitrogens with zero attached hydrogens (tertiary/aromatic N) is 1. The van der Waals surface area contributed by atoms with E-state index in [2.05, 4.69) is 9.62 Å². The Labute approximate surface area is 121 Å². The summed E-state index contributed by atoms with van der Waals surface area (Å²) in [6, 6.07) is 6.88. The number of likely N-dealkylation sites (tertiary alicyclic amines) is 1. The lowest BCUT2D eigenvalue weighted by atomic mass is 10.2. The first-order valence-electron chi connectivity index (χ1n) is 7.01. The number of hydrogen-bond acceptors (Lipinski definition) is 4. The van der Waals surface area contributed by atoms with Gasteiger partial charge in [0, 0.05) is 18.3 Å². The molecular weight excluding hydrogens is 274 g/mol. The van der Waals surface area contributed by atoms with Crippen molar-refractivity contribution in [3.05, 3.63) is 29.8 Å². The van der Waals surface area contributed by atoms with Gasteiger partial charge in [-0.3, -0.25) is 0 Å². The van der Waals surface area contributed by atoms with Crippen LogP contribution in [0.4, 0.5) is 5.69 Å². The number of nitrogen functional groups attached to an aromatic ring is 1. The van der Waals surface area contributed by atoms with Gasteiger partial charge in [0.15, 0.2) is 0 Å². The van der Waals surface area contributed by atoms with Crippen LogP contribution in [-0.2, 0) is 15.8 Å². The molecule has 6 heteroatoms. The van der Waals surface area contributed by atoms with Crippen LogP contribution in [0.15, 0.2) is 24.3 Å². The van der Waals surface area contributed by atoms with Crippen LogP contribution in [0.25, 0.3) is 0 Å².